The lowest BCUT2D eigenvalue weighted by Gasteiger charge is -2.09. The first-order chi connectivity index (χ1) is 13.1. The van der Waals surface area contributed by atoms with Crippen LogP contribution in [0, 0.1) is 0 Å². The standard InChI is InChI=1S/C24H32O2S/c1-2-3-4-5-6-7-8-9-12-20-17-24(27(25,26)19-20)23-16-15-21-13-10-11-14-22(21)18-23/h10-11,13-18,24H,2-9,12,19H2,1H3. The quantitative estimate of drug-likeness (QED) is 0.335. The fraction of sp³-hybridized carbons (Fsp3) is 0.500. The molecule has 0 spiro atoms. The average Bonchev–Trinajstić information content (AvgIpc) is 2.97. The van der Waals surface area contributed by atoms with Crippen molar-refractivity contribution < 1.29 is 8.42 Å². The number of rotatable bonds is 10. The van der Waals surface area contributed by atoms with Crippen LogP contribution in [0.25, 0.3) is 10.8 Å². The maximum Gasteiger partial charge on any atom is 0.164 e. The van der Waals surface area contributed by atoms with Crippen LogP contribution in [0.1, 0.15) is 75.5 Å². The van der Waals surface area contributed by atoms with Crippen molar-refractivity contribution in [1.82, 2.24) is 0 Å². The number of fused-ring (bicyclic) bond motifs is 1. The van der Waals surface area contributed by atoms with E-state index in [0.717, 1.165) is 34.8 Å². The van der Waals surface area contributed by atoms with Crippen LogP contribution in [-0.2, 0) is 9.84 Å². The molecule has 3 rings (SSSR count). The molecular formula is C24H32O2S. The second-order valence-electron chi connectivity index (χ2n) is 7.88. The zero-order valence-corrected chi connectivity index (χ0v) is 17.3. The van der Waals surface area contributed by atoms with Crippen LogP contribution in [-0.4, -0.2) is 14.2 Å². The van der Waals surface area contributed by atoms with Crippen LogP contribution in [0.2, 0.25) is 0 Å². The van der Waals surface area contributed by atoms with Crippen LogP contribution in [0.4, 0.5) is 0 Å². The fourth-order valence-corrected chi connectivity index (χ4v) is 5.94. The first-order valence-electron chi connectivity index (χ1n) is 10.5. The topological polar surface area (TPSA) is 34.1 Å². The molecule has 1 aliphatic heterocycles. The minimum atomic E-state index is -3.11. The number of hydrogen-bond acceptors (Lipinski definition) is 2. The van der Waals surface area contributed by atoms with Crippen molar-refractivity contribution in [2.45, 2.75) is 70.0 Å². The largest absolute Gasteiger partial charge is 0.228 e. The lowest BCUT2D eigenvalue weighted by atomic mass is 10.0. The van der Waals surface area contributed by atoms with E-state index in [4.69, 9.17) is 0 Å². The lowest BCUT2D eigenvalue weighted by molar-refractivity contribution is 0.574. The predicted octanol–water partition coefficient (Wildman–Crippen LogP) is 6.77. The van der Waals surface area contributed by atoms with E-state index in [1.807, 2.05) is 42.5 Å². The molecule has 0 aliphatic carbocycles. The summed E-state index contributed by atoms with van der Waals surface area (Å²) in [5.74, 6) is 0.237. The van der Waals surface area contributed by atoms with Crippen molar-refractivity contribution in [3.05, 3.63) is 59.7 Å². The van der Waals surface area contributed by atoms with Gasteiger partial charge in [-0.3, -0.25) is 0 Å². The molecule has 0 aromatic heterocycles. The maximum absolute atomic E-state index is 12.7. The summed E-state index contributed by atoms with van der Waals surface area (Å²) in [6.45, 7) is 2.24. The molecule has 146 valence electrons. The Hall–Kier alpha value is -1.61. The van der Waals surface area contributed by atoms with Gasteiger partial charge >= 0.3 is 0 Å². The molecule has 0 N–H and O–H groups in total. The van der Waals surface area contributed by atoms with Gasteiger partial charge in [0.25, 0.3) is 0 Å². The van der Waals surface area contributed by atoms with Gasteiger partial charge < -0.3 is 0 Å². The SMILES string of the molecule is CCCCCCCCCCC1=CC(c2ccc3ccccc3c2)S(=O)(=O)C1. The van der Waals surface area contributed by atoms with Gasteiger partial charge in [0.2, 0.25) is 0 Å². The molecule has 0 saturated heterocycles. The van der Waals surface area contributed by atoms with Crippen molar-refractivity contribution in [2.75, 3.05) is 5.75 Å². The second-order valence-corrected chi connectivity index (χ2v) is 10.0. The molecule has 0 radical (unpaired) electrons. The summed E-state index contributed by atoms with van der Waals surface area (Å²) in [6.07, 6.45) is 13.2. The number of hydrogen-bond donors (Lipinski definition) is 0. The van der Waals surface area contributed by atoms with Gasteiger partial charge in [-0.2, -0.15) is 0 Å². The summed E-state index contributed by atoms with van der Waals surface area (Å²) in [5.41, 5.74) is 2.01. The Morgan fingerprint density at radius 3 is 2.26 bits per heavy atom. The van der Waals surface area contributed by atoms with Crippen LogP contribution in [0.5, 0.6) is 0 Å². The van der Waals surface area contributed by atoms with Crippen molar-refractivity contribution in [3.63, 3.8) is 0 Å². The van der Waals surface area contributed by atoms with Gasteiger partial charge in [-0.25, -0.2) is 8.42 Å². The van der Waals surface area contributed by atoms with E-state index in [9.17, 15) is 8.42 Å². The van der Waals surface area contributed by atoms with E-state index in [-0.39, 0.29) is 5.75 Å². The molecule has 2 aromatic rings. The molecule has 27 heavy (non-hydrogen) atoms. The summed E-state index contributed by atoms with van der Waals surface area (Å²) in [5, 5.41) is 1.79. The van der Waals surface area contributed by atoms with Crippen LogP contribution in [0.15, 0.2) is 54.1 Å². The van der Waals surface area contributed by atoms with E-state index in [2.05, 4.69) is 13.0 Å². The lowest BCUT2D eigenvalue weighted by Crippen LogP contribution is -2.09. The predicted molar refractivity (Wildman–Crippen MR) is 116 cm³/mol. The third-order valence-corrected chi connectivity index (χ3v) is 7.57. The van der Waals surface area contributed by atoms with Crippen molar-refractivity contribution in [1.29, 1.82) is 0 Å². The molecule has 2 nitrogen and oxygen atoms in total. The molecule has 0 amide bonds. The number of unbranched alkanes of at least 4 members (excludes halogenated alkanes) is 7. The zero-order chi connectivity index (χ0) is 19.1. The average molecular weight is 385 g/mol. The second kappa shape index (κ2) is 9.54. The number of benzene rings is 2. The molecule has 1 heterocycles. The summed E-state index contributed by atoms with van der Waals surface area (Å²) in [7, 11) is -3.11. The Morgan fingerprint density at radius 1 is 0.852 bits per heavy atom. The van der Waals surface area contributed by atoms with Crippen molar-refractivity contribution >= 4 is 20.6 Å². The maximum atomic E-state index is 12.7. The molecule has 0 fully saturated rings. The van der Waals surface area contributed by atoms with Crippen LogP contribution in [0.3, 0.4) is 0 Å². The molecule has 2 aromatic carbocycles. The van der Waals surface area contributed by atoms with E-state index in [0.29, 0.717) is 0 Å². The van der Waals surface area contributed by atoms with Gasteiger partial charge in [-0.1, -0.05) is 99.9 Å². The summed E-state index contributed by atoms with van der Waals surface area (Å²) < 4.78 is 25.4. The molecule has 1 aliphatic rings. The zero-order valence-electron chi connectivity index (χ0n) is 16.5. The van der Waals surface area contributed by atoms with E-state index in [1.165, 1.54) is 44.9 Å². The van der Waals surface area contributed by atoms with Gasteiger partial charge in [0.05, 0.1) is 5.75 Å². The number of sulfone groups is 1. The Bertz CT molecular complexity index is 880. The highest BCUT2D eigenvalue weighted by atomic mass is 32.2. The summed E-state index contributed by atoms with van der Waals surface area (Å²) >= 11 is 0. The Labute approximate surface area is 164 Å². The highest BCUT2D eigenvalue weighted by molar-refractivity contribution is 7.92. The van der Waals surface area contributed by atoms with Crippen molar-refractivity contribution in [3.8, 4) is 0 Å². The summed E-state index contributed by atoms with van der Waals surface area (Å²) in [6, 6.07) is 14.2. The van der Waals surface area contributed by atoms with Gasteiger partial charge in [0.15, 0.2) is 9.84 Å². The van der Waals surface area contributed by atoms with Gasteiger partial charge in [0, 0.05) is 0 Å². The first-order valence-corrected chi connectivity index (χ1v) is 12.2. The fourth-order valence-electron chi connectivity index (χ4n) is 4.04. The monoisotopic (exact) mass is 384 g/mol. The van der Waals surface area contributed by atoms with E-state index >= 15 is 0 Å². The third kappa shape index (κ3) is 5.44. The van der Waals surface area contributed by atoms with Crippen molar-refractivity contribution in [2.24, 2.45) is 0 Å². The van der Waals surface area contributed by atoms with E-state index < -0.39 is 15.1 Å². The van der Waals surface area contributed by atoms with Gasteiger partial charge in [0.1, 0.15) is 5.25 Å². The molecule has 1 atom stereocenters. The molecule has 0 saturated carbocycles. The molecule has 0 bridgehead atoms. The van der Waals surface area contributed by atoms with Crippen LogP contribution >= 0.6 is 0 Å². The smallest absolute Gasteiger partial charge is 0.164 e. The Balaban J connectivity index is 1.55. The first kappa shape index (κ1) is 20.1. The molecule has 3 heteroatoms. The van der Waals surface area contributed by atoms with Gasteiger partial charge in [-0.05, 0) is 35.2 Å². The van der Waals surface area contributed by atoms with E-state index in [1.54, 1.807) is 0 Å². The van der Waals surface area contributed by atoms with Crippen LogP contribution < -0.4 is 0 Å². The summed E-state index contributed by atoms with van der Waals surface area (Å²) in [4.78, 5) is 0. The Morgan fingerprint density at radius 2 is 1.52 bits per heavy atom. The molecular weight excluding hydrogens is 352 g/mol. The molecule has 1 unspecified atom stereocenters. The highest BCUT2D eigenvalue weighted by Gasteiger charge is 2.32. The Kier molecular flexibility index (Phi) is 7.12. The third-order valence-electron chi connectivity index (χ3n) is 5.61. The van der Waals surface area contributed by atoms with Gasteiger partial charge in [-0.15, -0.1) is 0 Å². The minimum absolute atomic E-state index is 0.237. The normalized spacial score (nSPS) is 18.7. The minimum Gasteiger partial charge on any atom is -0.228 e. The highest BCUT2D eigenvalue weighted by Crippen LogP contribution is 2.36.